The van der Waals surface area contributed by atoms with Crippen LogP contribution in [0.4, 0.5) is 11.4 Å². The molecular weight excluding hydrogens is 557 g/mol. The van der Waals surface area contributed by atoms with E-state index in [1.54, 1.807) is 42.5 Å². The fourth-order valence-electron chi connectivity index (χ4n) is 3.93. The summed E-state index contributed by atoms with van der Waals surface area (Å²) in [6.45, 7) is 1.27. The van der Waals surface area contributed by atoms with Gasteiger partial charge in [-0.3, -0.25) is 13.9 Å². The molecule has 2 amide bonds. The molecule has 0 saturated carbocycles. The van der Waals surface area contributed by atoms with Crippen molar-refractivity contribution in [2.24, 2.45) is 0 Å². The van der Waals surface area contributed by atoms with Gasteiger partial charge in [-0.25, -0.2) is 8.42 Å². The molecule has 2 N–H and O–H groups in total. The van der Waals surface area contributed by atoms with Crippen LogP contribution in [0.3, 0.4) is 0 Å². The first-order valence-electron chi connectivity index (χ1n) is 11.9. The standard InChI is InChI=1S/C29H25Cl2N3O4S/c1-20(21-10-4-2-5-11-21)32-29(36)26-14-8-9-15-27(26)33-28(35)19-34(24-17-22(30)16-23(31)18-24)39(37,38)25-12-6-3-7-13-25/h2-18,20H,19H2,1H3,(H,32,36)(H,33,35)/t20-/m1/s1. The van der Waals surface area contributed by atoms with Gasteiger partial charge < -0.3 is 10.6 Å². The molecule has 4 aromatic rings. The predicted octanol–water partition coefficient (Wildman–Crippen LogP) is 6.32. The summed E-state index contributed by atoms with van der Waals surface area (Å²) in [7, 11) is -4.17. The Kier molecular flexibility index (Phi) is 8.91. The van der Waals surface area contributed by atoms with Gasteiger partial charge in [0.15, 0.2) is 0 Å². The van der Waals surface area contributed by atoms with Crippen LogP contribution in [0, 0.1) is 0 Å². The number of nitrogens with one attached hydrogen (secondary N) is 2. The lowest BCUT2D eigenvalue weighted by atomic mass is 10.1. The van der Waals surface area contributed by atoms with Crippen molar-refractivity contribution in [3.8, 4) is 0 Å². The van der Waals surface area contributed by atoms with E-state index in [1.807, 2.05) is 37.3 Å². The number of hydrogen-bond donors (Lipinski definition) is 2. The summed E-state index contributed by atoms with van der Waals surface area (Å²) in [5.74, 6) is -1.06. The highest BCUT2D eigenvalue weighted by molar-refractivity contribution is 7.92. The zero-order chi connectivity index (χ0) is 28.0. The molecule has 0 aromatic heterocycles. The number of carbonyl (C=O) groups is 2. The normalized spacial score (nSPS) is 11.9. The molecule has 0 bridgehead atoms. The van der Waals surface area contributed by atoms with Crippen molar-refractivity contribution < 1.29 is 18.0 Å². The number of amides is 2. The summed E-state index contributed by atoms with van der Waals surface area (Å²) in [5, 5.41) is 6.03. The molecule has 0 aliphatic rings. The molecule has 0 saturated heterocycles. The SMILES string of the molecule is C[C@@H](NC(=O)c1ccccc1NC(=O)CN(c1cc(Cl)cc(Cl)c1)S(=O)(=O)c1ccccc1)c1ccccc1. The van der Waals surface area contributed by atoms with Crippen LogP contribution in [0.25, 0.3) is 0 Å². The van der Waals surface area contributed by atoms with Crippen LogP contribution in [0.15, 0.2) is 108 Å². The maximum absolute atomic E-state index is 13.6. The number of rotatable bonds is 9. The molecule has 7 nitrogen and oxygen atoms in total. The molecule has 0 heterocycles. The molecule has 39 heavy (non-hydrogen) atoms. The Bertz CT molecular complexity index is 1560. The first kappa shape index (κ1) is 28.2. The van der Waals surface area contributed by atoms with Crippen molar-refractivity contribution in [2.45, 2.75) is 17.9 Å². The Hall–Kier alpha value is -3.85. The Morgan fingerprint density at radius 2 is 1.38 bits per heavy atom. The number of halogens is 2. The number of sulfonamides is 1. The van der Waals surface area contributed by atoms with Gasteiger partial charge in [-0.2, -0.15) is 0 Å². The minimum Gasteiger partial charge on any atom is -0.345 e. The minimum absolute atomic E-state index is 0.0106. The molecule has 0 spiro atoms. The van der Waals surface area contributed by atoms with Gasteiger partial charge in [-0.05, 0) is 55.0 Å². The predicted molar refractivity (Wildman–Crippen MR) is 155 cm³/mol. The molecule has 0 aliphatic carbocycles. The Balaban J connectivity index is 1.60. The fourth-order valence-corrected chi connectivity index (χ4v) is 5.87. The number of hydrogen-bond acceptors (Lipinski definition) is 4. The maximum Gasteiger partial charge on any atom is 0.264 e. The van der Waals surface area contributed by atoms with Crippen molar-refractivity contribution in [1.29, 1.82) is 0 Å². The number of carbonyl (C=O) groups excluding carboxylic acids is 2. The minimum atomic E-state index is -4.17. The Morgan fingerprint density at radius 3 is 2.03 bits per heavy atom. The van der Waals surface area contributed by atoms with Gasteiger partial charge >= 0.3 is 0 Å². The number of nitrogens with zero attached hydrogens (tertiary/aromatic N) is 1. The lowest BCUT2D eigenvalue weighted by Gasteiger charge is -2.25. The van der Waals surface area contributed by atoms with Crippen LogP contribution in [0.2, 0.25) is 10.0 Å². The zero-order valence-electron chi connectivity index (χ0n) is 20.8. The van der Waals surface area contributed by atoms with Crippen LogP contribution in [-0.4, -0.2) is 26.8 Å². The quantitative estimate of drug-likeness (QED) is 0.242. The van der Waals surface area contributed by atoms with Gasteiger partial charge in [0.05, 0.1) is 27.9 Å². The number of anilines is 2. The van der Waals surface area contributed by atoms with Gasteiger partial charge in [-0.1, -0.05) is 83.9 Å². The molecule has 4 rings (SSSR count). The lowest BCUT2D eigenvalue weighted by Crippen LogP contribution is -2.38. The Labute approximate surface area is 237 Å². The zero-order valence-corrected chi connectivity index (χ0v) is 23.2. The van der Waals surface area contributed by atoms with Crippen molar-refractivity contribution >= 4 is 56.4 Å². The van der Waals surface area contributed by atoms with E-state index in [2.05, 4.69) is 10.6 Å². The van der Waals surface area contributed by atoms with E-state index in [9.17, 15) is 18.0 Å². The molecule has 0 fully saturated rings. The molecule has 0 aliphatic heterocycles. The smallest absolute Gasteiger partial charge is 0.264 e. The molecule has 0 radical (unpaired) electrons. The average Bonchev–Trinajstić information content (AvgIpc) is 2.92. The van der Waals surface area contributed by atoms with E-state index >= 15 is 0 Å². The van der Waals surface area contributed by atoms with E-state index in [-0.39, 0.29) is 37.9 Å². The van der Waals surface area contributed by atoms with E-state index in [0.717, 1.165) is 9.87 Å². The largest absolute Gasteiger partial charge is 0.345 e. The second-order valence-corrected chi connectivity index (χ2v) is 11.4. The van der Waals surface area contributed by atoms with Gasteiger partial charge in [0.25, 0.3) is 15.9 Å². The third kappa shape index (κ3) is 6.97. The fraction of sp³-hybridized carbons (Fsp3) is 0.103. The summed E-state index contributed by atoms with van der Waals surface area (Å²) >= 11 is 12.3. The van der Waals surface area contributed by atoms with E-state index in [1.165, 1.54) is 30.3 Å². The molecule has 10 heteroatoms. The van der Waals surface area contributed by atoms with Crippen molar-refractivity contribution in [1.82, 2.24) is 5.32 Å². The van der Waals surface area contributed by atoms with Gasteiger partial charge in [-0.15, -0.1) is 0 Å². The summed E-state index contributed by atoms with van der Waals surface area (Å²) < 4.78 is 28.1. The molecule has 4 aromatic carbocycles. The van der Waals surface area contributed by atoms with Crippen LogP contribution in [-0.2, 0) is 14.8 Å². The van der Waals surface area contributed by atoms with Crippen LogP contribution < -0.4 is 14.9 Å². The molecule has 200 valence electrons. The molecule has 1 atom stereocenters. The monoisotopic (exact) mass is 581 g/mol. The van der Waals surface area contributed by atoms with Crippen LogP contribution >= 0.6 is 23.2 Å². The van der Waals surface area contributed by atoms with Gasteiger partial charge in [0.1, 0.15) is 6.54 Å². The highest BCUT2D eigenvalue weighted by Crippen LogP contribution is 2.30. The number of benzene rings is 4. The first-order valence-corrected chi connectivity index (χ1v) is 14.1. The topological polar surface area (TPSA) is 95.6 Å². The van der Waals surface area contributed by atoms with Crippen LogP contribution in [0.1, 0.15) is 28.9 Å². The van der Waals surface area contributed by atoms with Crippen molar-refractivity contribution in [3.05, 3.63) is 124 Å². The van der Waals surface area contributed by atoms with Crippen LogP contribution in [0.5, 0.6) is 0 Å². The molecule has 0 unspecified atom stereocenters. The summed E-state index contributed by atoms with van der Waals surface area (Å²) in [4.78, 5) is 26.3. The van der Waals surface area contributed by atoms with E-state index in [0.29, 0.717) is 0 Å². The lowest BCUT2D eigenvalue weighted by molar-refractivity contribution is -0.114. The Morgan fingerprint density at radius 1 is 0.821 bits per heavy atom. The third-order valence-electron chi connectivity index (χ3n) is 5.85. The molecular formula is C29H25Cl2N3O4S. The van der Waals surface area contributed by atoms with E-state index in [4.69, 9.17) is 23.2 Å². The van der Waals surface area contributed by atoms with Crippen molar-refractivity contribution in [2.75, 3.05) is 16.2 Å². The highest BCUT2D eigenvalue weighted by atomic mass is 35.5. The maximum atomic E-state index is 13.6. The third-order valence-corrected chi connectivity index (χ3v) is 8.07. The summed E-state index contributed by atoms with van der Waals surface area (Å²) in [6, 6.07) is 27.7. The highest BCUT2D eigenvalue weighted by Gasteiger charge is 2.28. The number of para-hydroxylation sites is 1. The summed E-state index contributed by atoms with van der Waals surface area (Å²) in [5.41, 5.74) is 1.52. The first-order chi connectivity index (χ1) is 18.6. The summed E-state index contributed by atoms with van der Waals surface area (Å²) in [6.07, 6.45) is 0. The second kappa shape index (κ2) is 12.3. The van der Waals surface area contributed by atoms with Gasteiger partial charge in [0.2, 0.25) is 5.91 Å². The van der Waals surface area contributed by atoms with E-state index < -0.39 is 28.4 Å². The average molecular weight is 583 g/mol. The van der Waals surface area contributed by atoms with Crippen molar-refractivity contribution in [3.63, 3.8) is 0 Å². The second-order valence-electron chi connectivity index (χ2n) is 8.65. The van der Waals surface area contributed by atoms with Gasteiger partial charge in [0, 0.05) is 10.0 Å².